The van der Waals surface area contributed by atoms with E-state index in [1.54, 1.807) is 0 Å². The zero-order valence-corrected chi connectivity index (χ0v) is 10.1. The lowest BCUT2D eigenvalue weighted by Gasteiger charge is -2.04. The second kappa shape index (κ2) is 4.91. The Morgan fingerprint density at radius 1 is 1.24 bits per heavy atom. The average Bonchev–Trinajstić information content (AvgIpc) is 2.72. The summed E-state index contributed by atoms with van der Waals surface area (Å²) < 4.78 is 10.4. The van der Waals surface area contributed by atoms with Crippen LogP contribution in [-0.2, 0) is 6.42 Å². The van der Waals surface area contributed by atoms with Crippen molar-refractivity contribution in [1.82, 2.24) is 5.16 Å². The van der Waals surface area contributed by atoms with Crippen LogP contribution in [0.2, 0.25) is 0 Å². The van der Waals surface area contributed by atoms with E-state index in [-0.39, 0.29) is 0 Å². The molecule has 2 aromatic rings. The Morgan fingerprint density at radius 3 is 2.53 bits per heavy atom. The van der Waals surface area contributed by atoms with Crippen LogP contribution >= 0.6 is 0 Å². The molecule has 0 atom stereocenters. The molecule has 0 aliphatic heterocycles. The molecule has 0 saturated heterocycles. The van der Waals surface area contributed by atoms with Gasteiger partial charge in [-0.3, -0.25) is 0 Å². The van der Waals surface area contributed by atoms with Crippen molar-refractivity contribution in [1.29, 1.82) is 0 Å². The number of aromatic nitrogens is 1. The Balaban J connectivity index is 2.36. The molecule has 4 nitrogen and oxygen atoms in total. The first-order valence-electron chi connectivity index (χ1n) is 5.73. The fraction of sp³-hybridized carbons (Fsp3) is 0.308. The highest BCUT2D eigenvalue weighted by Gasteiger charge is 2.13. The molecule has 90 valence electrons. The lowest BCUT2D eigenvalue weighted by atomic mass is 10.0. The van der Waals surface area contributed by atoms with Gasteiger partial charge in [0.25, 0.3) is 0 Å². The highest BCUT2D eigenvalue weighted by Crippen LogP contribution is 2.31. The van der Waals surface area contributed by atoms with Gasteiger partial charge in [0.1, 0.15) is 5.75 Å². The van der Waals surface area contributed by atoms with Crippen LogP contribution in [0.5, 0.6) is 5.75 Å². The highest BCUT2D eigenvalue weighted by molar-refractivity contribution is 5.75. The monoisotopic (exact) mass is 232 g/mol. The highest BCUT2D eigenvalue weighted by atomic mass is 16.5. The standard InChI is InChI=1S/C13H16N2O2/c1-3-11-12(13(14)17-15-11)9-5-7-10(8-6-9)16-4-2/h5-8H,3-4,14H2,1-2H3. The zero-order valence-electron chi connectivity index (χ0n) is 10.1. The summed E-state index contributed by atoms with van der Waals surface area (Å²) in [6, 6.07) is 7.77. The molecular weight excluding hydrogens is 216 g/mol. The maximum Gasteiger partial charge on any atom is 0.230 e. The van der Waals surface area contributed by atoms with Crippen LogP contribution in [0, 0.1) is 0 Å². The topological polar surface area (TPSA) is 61.3 Å². The van der Waals surface area contributed by atoms with Crippen LogP contribution < -0.4 is 10.5 Å². The summed E-state index contributed by atoms with van der Waals surface area (Å²) in [5.41, 5.74) is 8.55. The molecule has 1 aromatic heterocycles. The molecule has 1 heterocycles. The molecule has 0 amide bonds. The fourth-order valence-corrected chi connectivity index (χ4v) is 1.77. The molecule has 0 unspecified atom stereocenters. The minimum Gasteiger partial charge on any atom is -0.494 e. The second-order valence-corrected chi connectivity index (χ2v) is 3.68. The third-order valence-corrected chi connectivity index (χ3v) is 2.58. The van der Waals surface area contributed by atoms with Gasteiger partial charge in [-0.2, -0.15) is 0 Å². The maximum absolute atomic E-state index is 5.79. The molecule has 0 bridgehead atoms. The van der Waals surface area contributed by atoms with Crippen molar-refractivity contribution >= 4 is 5.88 Å². The SMILES string of the molecule is CCOc1ccc(-c2c(CC)noc2N)cc1. The van der Waals surface area contributed by atoms with Gasteiger partial charge in [-0.15, -0.1) is 0 Å². The quantitative estimate of drug-likeness (QED) is 0.880. The number of rotatable bonds is 4. The molecule has 0 radical (unpaired) electrons. The van der Waals surface area contributed by atoms with Gasteiger partial charge in [0, 0.05) is 0 Å². The van der Waals surface area contributed by atoms with E-state index in [0.29, 0.717) is 12.5 Å². The number of anilines is 1. The summed E-state index contributed by atoms with van der Waals surface area (Å²) >= 11 is 0. The normalized spacial score (nSPS) is 10.5. The van der Waals surface area contributed by atoms with Crippen molar-refractivity contribution in [2.45, 2.75) is 20.3 Å². The first kappa shape index (κ1) is 11.5. The van der Waals surface area contributed by atoms with Gasteiger partial charge in [-0.05, 0) is 31.0 Å². The van der Waals surface area contributed by atoms with Gasteiger partial charge in [-0.1, -0.05) is 24.2 Å². The van der Waals surface area contributed by atoms with Crippen molar-refractivity contribution in [2.24, 2.45) is 0 Å². The van der Waals surface area contributed by atoms with Gasteiger partial charge in [-0.25, -0.2) is 0 Å². The van der Waals surface area contributed by atoms with Gasteiger partial charge < -0.3 is 15.0 Å². The van der Waals surface area contributed by atoms with E-state index in [4.69, 9.17) is 15.0 Å². The zero-order chi connectivity index (χ0) is 12.3. The van der Waals surface area contributed by atoms with Crippen LogP contribution in [0.1, 0.15) is 19.5 Å². The number of nitrogens with two attached hydrogens (primary N) is 1. The molecule has 4 heteroatoms. The maximum atomic E-state index is 5.79. The minimum atomic E-state index is 0.367. The van der Waals surface area contributed by atoms with E-state index in [0.717, 1.165) is 29.0 Å². The Labute approximate surface area is 100 Å². The van der Waals surface area contributed by atoms with Crippen molar-refractivity contribution < 1.29 is 9.26 Å². The smallest absolute Gasteiger partial charge is 0.230 e. The predicted molar refractivity (Wildman–Crippen MR) is 66.9 cm³/mol. The first-order valence-corrected chi connectivity index (χ1v) is 5.73. The molecular formula is C13H16N2O2. The Bertz CT molecular complexity index is 489. The van der Waals surface area contributed by atoms with E-state index in [2.05, 4.69) is 5.16 Å². The molecule has 0 aliphatic rings. The van der Waals surface area contributed by atoms with Crippen LogP contribution in [0.25, 0.3) is 11.1 Å². The van der Waals surface area contributed by atoms with E-state index in [9.17, 15) is 0 Å². The van der Waals surface area contributed by atoms with E-state index < -0.39 is 0 Å². The van der Waals surface area contributed by atoms with E-state index in [1.807, 2.05) is 38.1 Å². The average molecular weight is 232 g/mol. The van der Waals surface area contributed by atoms with Gasteiger partial charge in [0.2, 0.25) is 5.88 Å². The van der Waals surface area contributed by atoms with Crippen LogP contribution in [-0.4, -0.2) is 11.8 Å². The van der Waals surface area contributed by atoms with Gasteiger partial charge in [0.05, 0.1) is 17.9 Å². The third kappa shape index (κ3) is 2.25. The van der Waals surface area contributed by atoms with Crippen LogP contribution in [0.4, 0.5) is 5.88 Å². The summed E-state index contributed by atoms with van der Waals surface area (Å²) in [7, 11) is 0. The Hall–Kier alpha value is -1.97. The summed E-state index contributed by atoms with van der Waals surface area (Å²) in [5, 5.41) is 3.94. The molecule has 2 N–H and O–H groups in total. The largest absolute Gasteiger partial charge is 0.494 e. The van der Waals surface area contributed by atoms with E-state index in [1.165, 1.54) is 0 Å². The third-order valence-electron chi connectivity index (χ3n) is 2.58. The van der Waals surface area contributed by atoms with Crippen molar-refractivity contribution in [3.63, 3.8) is 0 Å². The van der Waals surface area contributed by atoms with Crippen LogP contribution in [0.3, 0.4) is 0 Å². The minimum absolute atomic E-state index is 0.367. The number of aryl methyl sites for hydroxylation is 1. The molecule has 0 spiro atoms. The summed E-state index contributed by atoms with van der Waals surface area (Å²) in [5.74, 6) is 1.22. The van der Waals surface area contributed by atoms with Crippen LogP contribution in [0.15, 0.2) is 28.8 Å². The Kier molecular flexibility index (Phi) is 3.32. The van der Waals surface area contributed by atoms with Crippen molar-refractivity contribution in [3.05, 3.63) is 30.0 Å². The predicted octanol–water partition coefficient (Wildman–Crippen LogP) is 2.88. The fourth-order valence-electron chi connectivity index (χ4n) is 1.77. The molecule has 0 fully saturated rings. The molecule has 1 aromatic carbocycles. The summed E-state index contributed by atoms with van der Waals surface area (Å²) in [4.78, 5) is 0. The molecule has 0 aliphatic carbocycles. The van der Waals surface area contributed by atoms with Crippen molar-refractivity contribution in [3.8, 4) is 16.9 Å². The van der Waals surface area contributed by atoms with E-state index >= 15 is 0 Å². The lowest BCUT2D eigenvalue weighted by Crippen LogP contribution is -1.92. The second-order valence-electron chi connectivity index (χ2n) is 3.68. The number of ether oxygens (including phenoxy) is 1. The summed E-state index contributed by atoms with van der Waals surface area (Å²) in [6.45, 7) is 4.64. The number of nitrogens with zero attached hydrogens (tertiary/aromatic N) is 1. The first-order chi connectivity index (χ1) is 8.26. The number of hydrogen-bond donors (Lipinski definition) is 1. The lowest BCUT2D eigenvalue weighted by molar-refractivity contribution is 0.340. The Morgan fingerprint density at radius 2 is 1.94 bits per heavy atom. The van der Waals surface area contributed by atoms with Gasteiger partial charge >= 0.3 is 0 Å². The summed E-state index contributed by atoms with van der Waals surface area (Å²) in [6.07, 6.45) is 0.795. The number of hydrogen-bond acceptors (Lipinski definition) is 4. The molecule has 2 rings (SSSR count). The van der Waals surface area contributed by atoms with Gasteiger partial charge in [0.15, 0.2) is 0 Å². The number of benzene rings is 1. The number of nitrogen functional groups attached to an aromatic ring is 1. The molecule has 17 heavy (non-hydrogen) atoms. The van der Waals surface area contributed by atoms with Crippen molar-refractivity contribution in [2.75, 3.05) is 12.3 Å². The molecule has 0 saturated carbocycles.